The number of nitrogens with one attached hydrogen (secondary N) is 1. The van der Waals surface area contributed by atoms with Gasteiger partial charge in [-0.05, 0) is 46.1 Å². The average molecular weight is 399 g/mol. The molecule has 0 unspecified atom stereocenters. The summed E-state index contributed by atoms with van der Waals surface area (Å²) in [5.74, 6) is -1.04. The van der Waals surface area contributed by atoms with Crippen molar-refractivity contribution in [3.63, 3.8) is 0 Å². The van der Waals surface area contributed by atoms with Gasteiger partial charge in [0.05, 0.1) is 28.5 Å². The normalized spacial score (nSPS) is 15.2. The summed E-state index contributed by atoms with van der Waals surface area (Å²) >= 11 is 0. The molecule has 29 heavy (non-hydrogen) atoms. The second-order valence-corrected chi connectivity index (χ2v) is 8.20. The Hall–Kier alpha value is -3.28. The molecular weight excluding hydrogens is 374 g/mol. The molecule has 1 fully saturated rings. The van der Waals surface area contributed by atoms with Crippen LogP contribution in [0.1, 0.15) is 55.1 Å². The highest BCUT2D eigenvalue weighted by Gasteiger charge is 2.28. The van der Waals surface area contributed by atoms with Gasteiger partial charge in [-0.2, -0.15) is 10.4 Å². The van der Waals surface area contributed by atoms with Crippen molar-refractivity contribution in [1.82, 2.24) is 14.5 Å². The van der Waals surface area contributed by atoms with Gasteiger partial charge >= 0.3 is 12.1 Å². The van der Waals surface area contributed by atoms with Crippen LogP contribution in [-0.2, 0) is 4.74 Å². The highest BCUT2D eigenvalue weighted by atomic mass is 16.6. The van der Waals surface area contributed by atoms with E-state index in [1.807, 2.05) is 20.8 Å². The van der Waals surface area contributed by atoms with Crippen molar-refractivity contribution in [2.45, 2.75) is 52.2 Å². The standard InChI is InChI=1S/C20H25N5O4/c1-12-15(18(26)27)11-25-17(12)16(13(9-21)10-22-25)23-14-5-7-24(8-6-14)19(28)29-20(2,3)4/h10-11,14,23H,5-8H2,1-4H3,(H,26,27). The van der Waals surface area contributed by atoms with Crippen molar-refractivity contribution in [3.05, 3.63) is 29.1 Å². The van der Waals surface area contributed by atoms with Crippen molar-refractivity contribution in [2.75, 3.05) is 18.4 Å². The summed E-state index contributed by atoms with van der Waals surface area (Å²) in [5.41, 5.74) is 1.67. The molecule has 0 radical (unpaired) electrons. The Morgan fingerprint density at radius 2 is 2.00 bits per heavy atom. The first kappa shape index (κ1) is 20.5. The van der Waals surface area contributed by atoms with E-state index < -0.39 is 11.6 Å². The van der Waals surface area contributed by atoms with Crippen LogP contribution in [0.2, 0.25) is 0 Å². The van der Waals surface area contributed by atoms with Crippen LogP contribution in [0.3, 0.4) is 0 Å². The van der Waals surface area contributed by atoms with Crippen LogP contribution in [0.15, 0.2) is 12.4 Å². The number of amides is 1. The molecule has 0 aromatic carbocycles. The average Bonchev–Trinajstić information content (AvgIpc) is 2.98. The molecule has 0 spiro atoms. The maximum atomic E-state index is 12.2. The molecule has 9 nitrogen and oxygen atoms in total. The van der Waals surface area contributed by atoms with Crippen LogP contribution in [0.5, 0.6) is 0 Å². The van der Waals surface area contributed by atoms with Crippen molar-refractivity contribution < 1.29 is 19.4 Å². The lowest BCUT2D eigenvalue weighted by Gasteiger charge is -2.34. The Bertz CT molecular complexity index is 991. The van der Waals surface area contributed by atoms with Gasteiger partial charge in [-0.15, -0.1) is 0 Å². The number of aromatic carboxylic acids is 1. The number of carbonyl (C=O) groups excluding carboxylic acids is 1. The van der Waals surface area contributed by atoms with Crippen molar-refractivity contribution >= 4 is 23.3 Å². The SMILES string of the molecule is Cc1c(C(=O)O)cn2ncc(C#N)c(NC3CCN(C(=O)OC(C)(C)C)CC3)c12. The van der Waals surface area contributed by atoms with Crippen LogP contribution in [0.25, 0.3) is 5.52 Å². The number of aromatic nitrogens is 2. The van der Waals surface area contributed by atoms with Gasteiger partial charge < -0.3 is 20.1 Å². The number of rotatable bonds is 3. The van der Waals surface area contributed by atoms with Crippen molar-refractivity contribution in [2.24, 2.45) is 0 Å². The summed E-state index contributed by atoms with van der Waals surface area (Å²) in [6.07, 6.45) is 3.92. The fraction of sp³-hybridized carbons (Fsp3) is 0.500. The van der Waals surface area contributed by atoms with Crippen LogP contribution in [0.4, 0.5) is 10.5 Å². The second-order valence-electron chi connectivity index (χ2n) is 8.20. The Morgan fingerprint density at radius 1 is 1.34 bits per heavy atom. The van der Waals surface area contributed by atoms with Crippen molar-refractivity contribution in [1.29, 1.82) is 5.26 Å². The van der Waals surface area contributed by atoms with E-state index in [1.165, 1.54) is 16.9 Å². The number of hydrogen-bond donors (Lipinski definition) is 2. The zero-order valence-corrected chi connectivity index (χ0v) is 17.0. The molecule has 3 heterocycles. The first-order chi connectivity index (χ1) is 13.6. The van der Waals surface area contributed by atoms with E-state index in [1.54, 1.807) is 11.8 Å². The zero-order chi connectivity index (χ0) is 21.3. The third-order valence-electron chi connectivity index (χ3n) is 4.90. The van der Waals surface area contributed by atoms with Crippen LogP contribution < -0.4 is 5.32 Å². The monoisotopic (exact) mass is 399 g/mol. The number of hydrogen-bond acceptors (Lipinski definition) is 6. The Morgan fingerprint density at radius 3 is 2.55 bits per heavy atom. The minimum atomic E-state index is -1.04. The number of carboxylic acids is 1. The zero-order valence-electron chi connectivity index (χ0n) is 17.0. The predicted molar refractivity (Wildman–Crippen MR) is 106 cm³/mol. The van der Waals surface area contributed by atoms with E-state index in [4.69, 9.17) is 4.74 Å². The molecule has 0 aliphatic carbocycles. The number of fused-ring (bicyclic) bond motifs is 1. The summed E-state index contributed by atoms with van der Waals surface area (Å²) in [6, 6.07) is 2.16. The maximum absolute atomic E-state index is 12.2. The van der Waals surface area contributed by atoms with Gasteiger partial charge in [-0.1, -0.05) is 0 Å². The van der Waals surface area contributed by atoms with E-state index in [0.29, 0.717) is 48.3 Å². The lowest BCUT2D eigenvalue weighted by atomic mass is 10.0. The highest BCUT2D eigenvalue weighted by molar-refractivity contribution is 5.95. The fourth-order valence-corrected chi connectivity index (χ4v) is 3.47. The molecule has 2 aromatic heterocycles. The van der Waals surface area contributed by atoms with E-state index in [-0.39, 0.29) is 17.7 Å². The number of carboxylic acid groups (broad SMARTS) is 1. The molecule has 0 atom stereocenters. The first-order valence-corrected chi connectivity index (χ1v) is 9.49. The highest BCUT2D eigenvalue weighted by Crippen LogP contribution is 2.29. The molecule has 1 amide bonds. The number of anilines is 1. The maximum Gasteiger partial charge on any atom is 0.410 e. The minimum Gasteiger partial charge on any atom is -0.478 e. The number of nitrogens with zero attached hydrogens (tertiary/aromatic N) is 4. The smallest absolute Gasteiger partial charge is 0.410 e. The first-order valence-electron chi connectivity index (χ1n) is 9.49. The lowest BCUT2D eigenvalue weighted by Crippen LogP contribution is -2.44. The summed E-state index contributed by atoms with van der Waals surface area (Å²) < 4.78 is 6.91. The summed E-state index contributed by atoms with van der Waals surface area (Å²) in [7, 11) is 0. The van der Waals surface area contributed by atoms with E-state index in [0.717, 1.165) is 0 Å². The van der Waals surface area contributed by atoms with Gasteiger partial charge in [0.2, 0.25) is 0 Å². The molecular formula is C20H25N5O4. The molecule has 1 aliphatic heterocycles. The summed E-state index contributed by atoms with van der Waals surface area (Å²) in [5, 5.41) is 26.5. The molecule has 9 heteroatoms. The summed E-state index contributed by atoms with van der Waals surface area (Å²) in [6.45, 7) is 8.29. The van der Waals surface area contributed by atoms with E-state index in [9.17, 15) is 20.0 Å². The number of ether oxygens (including phenoxy) is 1. The number of likely N-dealkylation sites (tertiary alicyclic amines) is 1. The van der Waals surface area contributed by atoms with Gasteiger partial charge in [0.15, 0.2) is 0 Å². The molecule has 3 rings (SSSR count). The third-order valence-corrected chi connectivity index (χ3v) is 4.90. The van der Waals surface area contributed by atoms with Crippen LogP contribution in [0, 0.1) is 18.3 Å². The van der Waals surface area contributed by atoms with Gasteiger partial charge in [0, 0.05) is 25.3 Å². The molecule has 2 aromatic rings. The van der Waals surface area contributed by atoms with Gasteiger partial charge in [0.25, 0.3) is 0 Å². The second kappa shape index (κ2) is 7.62. The van der Waals surface area contributed by atoms with Gasteiger partial charge in [-0.3, -0.25) is 0 Å². The molecule has 0 bridgehead atoms. The minimum absolute atomic E-state index is 0.0366. The van der Waals surface area contributed by atoms with Gasteiger partial charge in [-0.25, -0.2) is 14.1 Å². The van der Waals surface area contributed by atoms with Gasteiger partial charge in [0.1, 0.15) is 11.7 Å². The molecule has 2 N–H and O–H groups in total. The Balaban J connectivity index is 1.80. The number of aryl methyl sites for hydroxylation is 1. The quantitative estimate of drug-likeness (QED) is 0.814. The Kier molecular flexibility index (Phi) is 5.38. The van der Waals surface area contributed by atoms with Crippen LogP contribution >= 0.6 is 0 Å². The third kappa shape index (κ3) is 4.26. The number of piperidine rings is 1. The summed E-state index contributed by atoms with van der Waals surface area (Å²) in [4.78, 5) is 25.4. The fourth-order valence-electron chi connectivity index (χ4n) is 3.47. The number of carbonyl (C=O) groups is 2. The largest absolute Gasteiger partial charge is 0.478 e. The van der Waals surface area contributed by atoms with E-state index in [2.05, 4.69) is 16.5 Å². The molecule has 1 saturated heterocycles. The molecule has 0 saturated carbocycles. The topological polar surface area (TPSA) is 120 Å². The molecule has 154 valence electrons. The predicted octanol–water partition coefficient (Wildman–Crippen LogP) is 3.02. The van der Waals surface area contributed by atoms with Crippen LogP contribution in [-0.4, -0.2) is 56.4 Å². The lowest BCUT2D eigenvalue weighted by molar-refractivity contribution is 0.0210. The number of nitriles is 1. The Labute approximate surface area is 168 Å². The molecule has 1 aliphatic rings. The van der Waals surface area contributed by atoms with Crippen molar-refractivity contribution in [3.8, 4) is 6.07 Å². The van der Waals surface area contributed by atoms with E-state index >= 15 is 0 Å².